The summed E-state index contributed by atoms with van der Waals surface area (Å²) in [5, 5.41) is 15.6. The number of nitro benzene ring substituents is 1. The summed E-state index contributed by atoms with van der Waals surface area (Å²) in [7, 11) is 1.70. The maximum Gasteiger partial charge on any atom is 0.269 e. The van der Waals surface area contributed by atoms with Crippen LogP contribution < -0.4 is 0 Å². The number of aromatic nitrogens is 4. The fourth-order valence-electron chi connectivity index (χ4n) is 3.54. The first-order chi connectivity index (χ1) is 14.6. The van der Waals surface area contributed by atoms with Crippen molar-refractivity contribution in [3.05, 3.63) is 74.3 Å². The van der Waals surface area contributed by atoms with Gasteiger partial charge in [0.2, 0.25) is 5.91 Å². The van der Waals surface area contributed by atoms with Gasteiger partial charge in [0.1, 0.15) is 0 Å². The molecule has 0 radical (unpaired) electrons. The number of nitro groups is 1. The van der Waals surface area contributed by atoms with Crippen LogP contribution in [0.1, 0.15) is 46.9 Å². The number of aryl methyl sites for hydroxylation is 3. The third kappa shape index (κ3) is 4.60. The highest BCUT2D eigenvalue weighted by Crippen LogP contribution is 2.25. The number of hydrogen-bond donors (Lipinski definition) is 0. The molecular weight excluding hydrogens is 396 g/mol. The van der Waals surface area contributed by atoms with Crippen LogP contribution in [0, 0.1) is 37.8 Å². The van der Waals surface area contributed by atoms with Crippen LogP contribution in [0.5, 0.6) is 0 Å². The molecular formula is C22H26N6O3. The molecule has 162 valence electrons. The second kappa shape index (κ2) is 8.63. The zero-order valence-corrected chi connectivity index (χ0v) is 18.6. The predicted molar refractivity (Wildman–Crippen MR) is 116 cm³/mol. The normalized spacial score (nSPS) is 11.9. The molecule has 1 unspecified atom stereocenters. The summed E-state index contributed by atoms with van der Waals surface area (Å²) in [6.45, 7) is 9.41. The third-order valence-electron chi connectivity index (χ3n) is 5.47. The number of nitrogens with zero attached hydrogens (tertiary/aromatic N) is 6. The Balaban J connectivity index is 1.84. The summed E-state index contributed by atoms with van der Waals surface area (Å²) in [5.74, 6) is 0.376. The minimum Gasteiger partial charge on any atom is -0.339 e. The van der Waals surface area contributed by atoms with Gasteiger partial charge in [0.05, 0.1) is 23.1 Å². The molecule has 3 rings (SSSR count). The lowest BCUT2D eigenvalue weighted by Crippen LogP contribution is -2.31. The Kier molecular flexibility index (Phi) is 6.14. The lowest BCUT2D eigenvalue weighted by molar-refractivity contribution is -0.384. The smallest absolute Gasteiger partial charge is 0.269 e. The predicted octanol–water partition coefficient (Wildman–Crippen LogP) is 3.57. The summed E-state index contributed by atoms with van der Waals surface area (Å²) >= 11 is 0. The molecule has 0 spiro atoms. The highest BCUT2D eigenvalue weighted by atomic mass is 16.6. The first-order valence-electron chi connectivity index (χ1n) is 9.96. The van der Waals surface area contributed by atoms with Crippen molar-refractivity contribution in [2.24, 2.45) is 0 Å². The summed E-state index contributed by atoms with van der Waals surface area (Å²) in [6.07, 6.45) is 0.165. The van der Waals surface area contributed by atoms with Crippen molar-refractivity contribution in [3.8, 4) is 5.95 Å². The fraction of sp³-hybridized carbons (Fsp3) is 0.364. The van der Waals surface area contributed by atoms with Crippen LogP contribution in [0.3, 0.4) is 0 Å². The number of non-ortho nitro benzene ring substituents is 1. The Hall–Kier alpha value is -3.62. The number of likely N-dealkylation sites (N-methyl/N-ethyl adjacent to an activating group) is 1. The van der Waals surface area contributed by atoms with Gasteiger partial charge in [-0.2, -0.15) is 5.10 Å². The van der Waals surface area contributed by atoms with E-state index in [0.717, 1.165) is 28.3 Å². The van der Waals surface area contributed by atoms with Crippen LogP contribution in [-0.2, 0) is 11.2 Å². The van der Waals surface area contributed by atoms with E-state index in [0.29, 0.717) is 11.5 Å². The van der Waals surface area contributed by atoms with Gasteiger partial charge in [0, 0.05) is 41.8 Å². The van der Waals surface area contributed by atoms with E-state index >= 15 is 0 Å². The minimum absolute atomic E-state index is 0.00612. The molecule has 1 amide bonds. The lowest BCUT2D eigenvalue weighted by Gasteiger charge is -2.25. The largest absolute Gasteiger partial charge is 0.339 e. The molecule has 0 saturated heterocycles. The molecule has 0 aliphatic heterocycles. The van der Waals surface area contributed by atoms with Crippen molar-refractivity contribution < 1.29 is 9.72 Å². The Labute approximate surface area is 180 Å². The molecule has 0 aliphatic carbocycles. The van der Waals surface area contributed by atoms with E-state index < -0.39 is 4.92 Å². The molecule has 9 nitrogen and oxygen atoms in total. The Morgan fingerprint density at radius 2 is 1.81 bits per heavy atom. The second-order valence-corrected chi connectivity index (χ2v) is 7.72. The van der Waals surface area contributed by atoms with E-state index in [1.165, 1.54) is 12.1 Å². The van der Waals surface area contributed by atoms with Gasteiger partial charge in [0.25, 0.3) is 11.6 Å². The minimum atomic E-state index is -0.436. The molecule has 1 aromatic carbocycles. The summed E-state index contributed by atoms with van der Waals surface area (Å²) < 4.78 is 1.67. The van der Waals surface area contributed by atoms with Crippen LogP contribution in [0.2, 0.25) is 0 Å². The van der Waals surface area contributed by atoms with E-state index in [-0.39, 0.29) is 24.1 Å². The summed E-state index contributed by atoms with van der Waals surface area (Å²) in [4.78, 5) is 34.2. The molecule has 0 bridgehead atoms. The molecule has 0 N–H and O–H groups in total. The Morgan fingerprint density at radius 1 is 1.16 bits per heavy atom. The average molecular weight is 422 g/mol. The van der Waals surface area contributed by atoms with Crippen molar-refractivity contribution in [1.29, 1.82) is 0 Å². The van der Waals surface area contributed by atoms with Crippen LogP contribution in [0.25, 0.3) is 5.95 Å². The number of benzene rings is 1. The number of hydrogen-bond acceptors (Lipinski definition) is 6. The Morgan fingerprint density at radius 3 is 2.42 bits per heavy atom. The number of amides is 1. The van der Waals surface area contributed by atoms with Gasteiger partial charge >= 0.3 is 0 Å². The monoisotopic (exact) mass is 422 g/mol. The van der Waals surface area contributed by atoms with Gasteiger partial charge < -0.3 is 4.90 Å². The van der Waals surface area contributed by atoms with Crippen LogP contribution in [0.4, 0.5) is 5.69 Å². The third-order valence-corrected chi connectivity index (χ3v) is 5.47. The van der Waals surface area contributed by atoms with Gasteiger partial charge in [-0.3, -0.25) is 14.9 Å². The van der Waals surface area contributed by atoms with E-state index in [1.807, 2.05) is 40.7 Å². The van der Waals surface area contributed by atoms with Crippen LogP contribution >= 0.6 is 0 Å². The topological polar surface area (TPSA) is 107 Å². The number of carbonyl (C=O) groups is 1. The molecule has 0 saturated carbocycles. The quantitative estimate of drug-likeness (QED) is 0.444. The number of carbonyl (C=O) groups excluding carboxylic acids is 1. The standard InChI is InChI=1S/C22H26N6O3/c1-13-10-14(2)24-22(23-13)27-17(5)20(15(3)25-27)12-21(29)26(6)16(4)18-8-7-9-19(11-18)28(30)31/h7-11,16H,12H2,1-6H3. The van der Waals surface area contributed by atoms with Gasteiger partial charge in [-0.1, -0.05) is 12.1 Å². The fourth-order valence-corrected chi connectivity index (χ4v) is 3.54. The van der Waals surface area contributed by atoms with Crippen molar-refractivity contribution >= 4 is 11.6 Å². The Bertz CT molecular complexity index is 1130. The molecule has 9 heteroatoms. The van der Waals surface area contributed by atoms with Crippen LogP contribution in [0.15, 0.2) is 30.3 Å². The molecule has 3 aromatic rings. The maximum atomic E-state index is 13.0. The molecule has 2 heterocycles. The lowest BCUT2D eigenvalue weighted by atomic mass is 10.0. The first kappa shape index (κ1) is 22.1. The molecule has 31 heavy (non-hydrogen) atoms. The molecule has 2 aromatic heterocycles. The van der Waals surface area contributed by atoms with Crippen molar-refractivity contribution in [1.82, 2.24) is 24.6 Å². The zero-order valence-electron chi connectivity index (χ0n) is 18.6. The number of rotatable bonds is 6. The average Bonchev–Trinajstić information content (AvgIpc) is 3.00. The van der Waals surface area contributed by atoms with Crippen molar-refractivity contribution in [3.63, 3.8) is 0 Å². The van der Waals surface area contributed by atoms with Gasteiger partial charge in [-0.15, -0.1) is 0 Å². The van der Waals surface area contributed by atoms with E-state index in [9.17, 15) is 14.9 Å². The van der Waals surface area contributed by atoms with E-state index in [4.69, 9.17) is 0 Å². The summed E-state index contributed by atoms with van der Waals surface area (Å²) in [5.41, 5.74) is 4.78. The molecule has 0 aliphatic rings. The summed E-state index contributed by atoms with van der Waals surface area (Å²) in [6, 6.07) is 7.93. The van der Waals surface area contributed by atoms with Crippen molar-refractivity contribution in [2.75, 3.05) is 7.05 Å². The van der Waals surface area contributed by atoms with Gasteiger partial charge in [0.15, 0.2) is 0 Å². The molecule has 1 atom stereocenters. The maximum absolute atomic E-state index is 13.0. The van der Waals surface area contributed by atoms with E-state index in [1.54, 1.807) is 28.8 Å². The molecule has 0 fully saturated rings. The van der Waals surface area contributed by atoms with Gasteiger partial charge in [-0.05, 0) is 46.2 Å². The SMILES string of the molecule is Cc1cc(C)nc(-n2nc(C)c(CC(=O)N(C)C(C)c3cccc([N+](=O)[O-])c3)c2C)n1. The second-order valence-electron chi connectivity index (χ2n) is 7.72. The van der Waals surface area contributed by atoms with Gasteiger partial charge in [-0.25, -0.2) is 14.6 Å². The van der Waals surface area contributed by atoms with E-state index in [2.05, 4.69) is 15.1 Å². The van der Waals surface area contributed by atoms with Crippen LogP contribution in [-0.4, -0.2) is 42.5 Å². The van der Waals surface area contributed by atoms with Crippen molar-refractivity contribution in [2.45, 2.75) is 47.1 Å². The highest BCUT2D eigenvalue weighted by molar-refractivity contribution is 5.79. The highest BCUT2D eigenvalue weighted by Gasteiger charge is 2.23. The first-order valence-corrected chi connectivity index (χ1v) is 9.96. The zero-order chi connectivity index (χ0) is 22.9.